The number of nitrogens with zero attached hydrogens (tertiary/aromatic N) is 1. The highest BCUT2D eigenvalue weighted by Crippen LogP contribution is 2.23. The Kier molecular flexibility index (Phi) is 4.89. The van der Waals surface area contributed by atoms with Crippen LogP contribution in [0.25, 0.3) is 0 Å². The lowest BCUT2D eigenvalue weighted by atomic mass is 10.1. The third-order valence-electron chi connectivity index (χ3n) is 3.35. The molecule has 0 saturated carbocycles. The van der Waals surface area contributed by atoms with E-state index >= 15 is 0 Å². The number of carbonyl (C=O) groups is 2. The molecular formula is C14H16Cl2N2O2. The molecule has 20 heavy (non-hydrogen) atoms. The molecule has 0 unspecified atom stereocenters. The maximum atomic E-state index is 12.3. The number of halogens is 2. The van der Waals surface area contributed by atoms with Gasteiger partial charge in [0.05, 0.1) is 16.5 Å². The molecule has 108 valence electrons. The highest BCUT2D eigenvalue weighted by atomic mass is 35.5. The van der Waals surface area contributed by atoms with Gasteiger partial charge in [0.1, 0.15) is 0 Å². The molecule has 1 atom stereocenters. The van der Waals surface area contributed by atoms with Gasteiger partial charge in [-0.3, -0.25) is 9.59 Å². The van der Waals surface area contributed by atoms with Gasteiger partial charge in [0.2, 0.25) is 11.8 Å². The molecule has 0 bridgehead atoms. The summed E-state index contributed by atoms with van der Waals surface area (Å²) in [4.78, 5) is 25.5. The molecule has 1 saturated heterocycles. The normalized spacial score (nSPS) is 19.4. The zero-order chi connectivity index (χ0) is 14.7. The minimum atomic E-state index is -0.0900. The Labute approximate surface area is 128 Å². The van der Waals surface area contributed by atoms with E-state index in [1.807, 2.05) is 6.92 Å². The summed E-state index contributed by atoms with van der Waals surface area (Å²) in [5.41, 5.74) is 0.820. The Morgan fingerprint density at radius 3 is 2.85 bits per heavy atom. The van der Waals surface area contributed by atoms with Crippen molar-refractivity contribution in [3.8, 4) is 0 Å². The van der Waals surface area contributed by atoms with Crippen LogP contribution in [0.15, 0.2) is 18.2 Å². The van der Waals surface area contributed by atoms with Crippen molar-refractivity contribution in [1.29, 1.82) is 0 Å². The second-order valence-corrected chi connectivity index (χ2v) is 5.73. The first-order valence-corrected chi connectivity index (χ1v) is 7.23. The van der Waals surface area contributed by atoms with Crippen molar-refractivity contribution in [2.24, 2.45) is 0 Å². The fourth-order valence-corrected chi connectivity index (χ4v) is 2.60. The first-order valence-electron chi connectivity index (χ1n) is 6.47. The predicted octanol–water partition coefficient (Wildman–Crippen LogP) is 2.27. The van der Waals surface area contributed by atoms with Gasteiger partial charge in [-0.1, -0.05) is 29.3 Å². The SMILES string of the molecule is C[C@H]1CC(=O)NCCN1C(=O)Cc1ccc(Cl)c(Cl)c1. The van der Waals surface area contributed by atoms with Crippen LogP contribution in [0.1, 0.15) is 18.9 Å². The number of rotatable bonds is 2. The fourth-order valence-electron chi connectivity index (χ4n) is 2.28. The summed E-state index contributed by atoms with van der Waals surface area (Å²) in [7, 11) is 0. The van der Waals surface area contributed by atoms with Crippen LogP contribution in [-0.4, -0.2) is 35.8 Å². The van der Waals surface area contributed by atoms with Crippen LogP contribution in [0.2, 0.25) is 10.0 Å². The smallest absolute Gasteiger partial charge is 0.227 e. The van der Waals surface area contributed by atoms with Crippen molar-refractivity contribution in [1.82, 2.24) is 10.2 Å². The van der Waals surface area contributed by atoms with E-state index in [1.165, 1.54) is 0 Å². The van der Waals surface area contributed by atoms with Gasteiger partial charge in [0.25, 0.3) is 0 Å². The van der Waals surface area contributed by atoms with Crippen LogP contribution in [0, 0.1) is 0 Å². The van der Waals surface area contributed by atoms with Crippen molar-refractivity contribution in [3.05, 3.63) is 33.8 Å². The molecular weight excluding hydrogens is 299 g/mol. The Hall–Kier alpha value is -1.26. The van der Waals surface area contributed by atoms with E-state index in [9.17, 15) is 9.59 Å². The van der Waals surface area contributed by atoms with Crippen molar-refractivity contribution < 1.29 is 9.59 Å². The summed E-state index contributed by atoms with van der Waals surface area (Å²) in [5.74, 6) is -0.0188. The third kappa shape index (κ3) is 3.64. The molecule has 0 aromatic heterocycles. The molecule has 4 nitrogen and oxygen atoms in total. The fraction of sp³-hybridized carbons (Fsp3) is 0.429. The molecule has 1 aliphatic heterocycles. The van der Waals surface area contributed by atoms with Gasteiger partial charge >= 0.3 is 0 Å². The van der Waals surface area contributed by atoms with E-state index in [0.717, 1.165) is 5.56 Å². The summed E-state index contributed by atoms with van der Waals surface area (Å²) in [6, 6.07) is 5.09. The van der Waals surface area contributed by atoms with E-state index in [-0.39, 0.29) is 24.3 Å². The largest absolute Gasteiger partial charge is 0.354 e. The minimum Gasteiger partial charge on any atom is -0.354 e. The van der Waals surface area contributed by atoms with E-state index in [0.29, 0.717) is 29.6 Å². The number of benzene rings is 1. The van der Waals surface area contributed by atoms with E-state index in [4.69, 9.17) is 23.2 Å². The standard InChI is InChI=1S/C14H16Cl2N2O2/c1-9-6-13(19)17-4-5-18(9)14(20)8-10-2-3-11(15)12(16)7-10/h2-3,7,9H,4-6,8H2,1H3,(H,17,19)/t9-/m0/s1. The molecule has 6 heteroatoms. The van der Waals surface area contributed by atoms with Gasteiger partial charge < -0.3 is 10.2 Å². The van der Waals surface area contributed by atoms with Crippen molar-refractivity contribution >= 4 is 35.0 Å². The van der Waals surface area contributed by atoms with Crippen LogP contribution in [0.5, 0.6) is 0 Å². The second kappa shape index (κ2) is 6.46. The van der Waals surface area contributed by atoms with Crippen LogP contribution < -0.4 is 5.32 Å². The quantitative estimate of drug-likeness (QED) is 0.910. The molecule has 1 aromatic carbocycles. The van der Waals surface area contributed by atoms with Crippen LogP contribution >= 0.6 is 23.2 Å². The molecule has 2 rings (SSSR count). The average molecular weight is 315 g/mol. The number of amides is 2. The lowest BCUT2D eigenvalue weighted by Gasteiger charge is -2.26. The maximum Gasteiger partial charge on any atom is 0.227 e. The summed E-state index contributed by atoms with van der Waals surface area (Å²) >= 11 is 11.8. The van der Waals surface area contributed by atoms with Crippen molar-refractivity contribution in [3.63, 3.8) is 0 Å². The molecule has 0 radical (unpaired) electrons. The van der Waals surface area contributed by atoms with Crippen LogP contribution in [-0.2, 0) is 16.0 Å². The molecule has 1 aromatic rings. The van der Waals surface area contributed by atoms with E-state index in [1.54, 1.807) is 23.1 Å². The van der Waals surface area contributed by atoms with Crippen LogP contribution in [0.4, 0.5) is 0 Å². The minimum absolute atomic E-state index is 0.00705. The van der Waals surface area contributed by atoms with Crippen molar-refractivity contribution in [2.75, 3.05) is 13.1 Å². The monoisotopic (exact) mass is 314 g/mol. The van der Waals surface area contributed by atoms with Gasteiger partial charge in [-0.05, 0) is 24.6 Å². The van der Waals surface area contributed by atoms with Crippen molar-refractivity contribution in [2.45, 2.75) is 25.8 Å². The Morgan fingerprint density at radius 1 is 1.40 bits per heavy atom. The molecule has 1 fully saturated rings. The highest BCUT2D eigenvalue weighted by molar-refractivity contribution is 6.42. The summed E-state index contributed by atoms with van der Waals surface area (Å²) in [6.45, 7) is 2.92. The highest BCUT2D eigenvalue weighted by Gasteiger charge is 2.25. The zero-order valence-electron chi connectivity index (χ0n) is 11.2. The van der Waals surface area contributed by atoms with Gasteiger partial charge in [0.15, 0.2) is 0 Å². The Morgan fingerprint density at radius 2 is 2.15 bits per heavy atom. The lowest BCUT2D eigenvalue weighted by molar-refractivity contribution is -0.132. The molecule has 0 aliphatic carbocycles. The van der Waals surface area contributed by atoms with Gasteiger partial charge in [-0.15, -0.1) is 0 Å². The maximum absolute atomic E-state index is 12.3. The molecule has 2 amide bonds. The third-order valence-corrected chi connectivity index (χ3v) is 4.09. The molecule has 1 aliphatic rings. The molecule has 1 heterocycles. The number of hydrogen-bond donors (Lipinski definition) is 1. The van der Waals surface area contributed by atoms with E-state index < -0.39 is 0 Å². The second-order valence-electron chi connectivity index (χ2n) is 4.92. The van der Waals surface area contributed by atoms with Gasteiger partial charge in [-0.25, -0.2) is 0 Å². The van der Waals surface area contributed by atoms with Crippen LogP contribution in [0.3, 0.4) is 0 Å². The predicted molar refractivity (Wildman–Crippen MR) is 79.0 cm³/mol. The van der Waals surface area contributed by atoms with E-state index in [2.05, 4.69) is 5.32 Å². The summed E-state index contributed by atoms with van der Waals surface area (Å²) in [5, 5.41) is 3.68. The number of carbonyl (C=O) groups excluding carboxylic acids is 2. The molecule has 1 N–H and O–H groups in total. The topological polar surface area (TPSA) is 49.4 Å². The Bertz CT molecular complexity index is 534. The zero-order valence-corrected chi connectivity index (χ0v) is 12.7. The first-order chi connectivity index (χ1) is 9.47. The average Bonchev–Trinajstić information content (AvgIpc) is 2.54. The number of nitrogens with one attached hydrogen (secondary N) is 1. The van der Waals surface area contributed by atoms with Gasteiger partial charge in [-0.2, -0.15) is 0 Å². The lowest BCUT2D eigenvalue weighted by Crippen LogP contribution is -2.40. The first kappa shape index (κ1) is 15.1. The number of hydrogen-bond acceptors (Lipinski definition) is 2. The summed E-state index contributed by atoms with van der Waals surface area (Å²) < 4.78 is 0. The van der Waals surface area contributed by atoms with Gasteiger partial charge in [0, 0.05) is 25.6 Å². The molecule has 0 spiro atoms. The summed E-state index contributed by atoms with van der Waals surface area (Å²) in [6.07, 6.45) is 0.600. The Balaban J connectivity index is 2.06.